The van der Waals surface area contributed by atoms with E-state index in [1.54, 1.807) is 11.3 Å². The molecule has 1 aromatic rings. The molecule has 1 fully saturated rings. The van der Waals surface area contributed by atoms with E-state index >= 15 is 0 Å². The van der Waals surface area contributed by atoms with Crippen LogP contribution >= 0.6 is 11.3 Å². The van der Waals surface area contributed by atoms with Crippen molar-refractivity contribution in [3.8, 4) is 0 Å². The van der Waals surface area contributed by atoms with Crippen molar-refractivity contribution in [2.24, 2.45) is 5.90 Å². The quantitative estimate of drug-likeness (QED) is 0.738. The monoisotopic (exact) mass is 215 g/mol. The van der Waals surface area contributed by atoms with Crippen molar-refractivity contribution in [2.75, 3.05) is 31.2 Å². The number of aromatic nitrogens is 1. The molecular weight excluding hydrogens is 202 g/mol. The Morgan fingerprint density at radius 3 is 3.07 bits per heavy atom. The fraction of sp³-hybridized carbons (Fsp3) is 0.625. The number of anilines is 1. The Bertz CT molecular complexity index is 286. The van der Waals surface area contributed by atoms with Crippen molar-refractivity contribution >= 4 is 16.5 Å². The van der Waals surface area contributed by atoms with E-state index < -0.39 is 0 Å². The average molecular weight is 215 g/mol. The third-order valence-electron chi connectivity index (χ3n) is 2.05. The minimum absolute atomic E-state index is 0.433. The van der Waals surface area contributed by atoms with Crippen LogP contribution in [0.15, 0.2) is 6.20 Å². The fourth-order valence-corrected chi connectivity index (χ4v) is 2.23. The molecule has 2 rings (SSSR count). The first kappa shape index (κ1) is 9.85. The molecular formula is C8H13N3O2S. The Hall–Kier alpha value is -0.690. The Morgan fingerprint density at radius 2 is 2.36 bits per heavy atom. The van der Waals surface area contributed by atoms with Gasteiger partial charge in [0.05, 0.1) is 18.1 Å². The maximum Gasteiger partial charge on any atom is 0.185 e. The predicted molar refractivity (Wildman–Crippen MR) is 54.1 cm³/mol. The summed E-state index contributed by atoms with van der Waals surface area (Å²) in [7, 11) is 0. The Balaban J connectivity index is 2.00. The number of rotatable bonds is 3. The van der Waals surface area contributed by atoms with Crippen molar-refractivity contribution < 1.29 is 9.57 Å². The Labute approximate surface area is 86.4 Å². The van der Waals surface area contributed by atoms with Crippen LogP contribution in [0.5, 0.6) is 0 Å². The molecule has 0 atom stereocenters. The number of nitrogens with two attached hydrogens (primary N) is 1. The summed E-state index contributed by atoms with van der Waals surface area (Å²) in [4.78, 5) is 12.1. The molecule has 78 valence electrons. The summed E-state index contributed by atoms with van der Waals surface area (Å²) in [6.45, 7) is 3.82. The van der Waals surface area contributed by atoms with Crippen LogP contribution in [0.2, 0.25) is 0 Å². The Kier molecular flexibility index (Phi) is 3.30. The van der Waals surface area contributed by atoms with Gasteiger partial charge in [0.1, 0.15) is 6.61 Å². The summed E-state index contributed by atoms with van der Waals surface area (Å²) >= 11 is 1.62. The molecule has 2 heterocycles. The molecule has 0 bridgehead atoms. The summed E-state index contributed by atoms with van der Waals surface area (Å²) < 4.78 is 5.27. The van der Waals surface area contributed by atoms with Crippen LogP contribution in [-0.2, 0) is 16.2 Å². The van der Waals surface area contributed by atoms with Crippen LogP contribution < -0.4 is 10.8 Å². The molecule has 1 saturated heterocycles. The molecule has 0 unspecified atom stereocenters. The molecule has 1 aliphatic rings. The van der Waals surface area contributed by atoms with E-state index in [1.807, 2.05) is 6.20 Å². The maximum absolute atomic E-state index is 5.27. The maximum atomic E-state index is 5.27. The van der Waals surface area contributed by atoms with Crippen LogP contribution in [0.4, 0.5) is 5.13 Å². The lowest BCUT2D eigenvalue weighted by Gasteiger charge is -2.25. The van der Waals surface area contributed by atoms with Gasteiger partial charge >= 0.3 is 0 Å². The highest BCUT2D eigenvalue weighted by molar-refractivity contribution is 7.15. The van der Waals surface area contributed by atoms with E-state index in [2.05, 4.69) is 14.7 Å². The van der Waals surface area contributed by atoms with Gasteiger partial charge in [-0.05, 0) is 0 Å². The fourth-order valence-electron chi connectivity index (χ4n) is 1.35. The first-order valence-electron chi connectivity index (χ1n) is 4.49. The molecule has 0 saturated carbocycles. The minimum atomic E-state index is 0.433. The SMILES string of the molecule is NOCc1cnc(N2CCOCC2)s1. The van der Waals surface area contributed by atoms with E-state index in [4.69, 9.17) is 10.6 Å². The molecule has 0 spiro atoms. The Morgan fingerprint density at radius 1 is 1.57 bits per heavy atom. The zero-order valence-electron chi connectivity index (χ0n) is 7.81. The lowest BCUT2D eigenvalue weighted by Crippen LogP contribution is -2.36. The van der Waals surface area contributed by atoms with Gasteiger partial charge < -0.3 is 9.64 Å². The van der Waals surface area contributed by atoms with Gasteiger partial charge in [-0.2, -0.15) is 0 Å². The van der Waals surface area contributed by atoms with E-state index in [0.29, 0.717) is 6.61 Å². The van der Waals surface area contributed by atoms with Gasteiger partial charge in [-0.15, -0.1) is 0 Å². The third kappa shape index (κ3) is 2.21. The lowest BCUT2D eigenvalue weighted by molar-refractivity contribution is 0.122. The smallest absolute Gasteiger partial charge is 0.185 e. The molecule has 0 aromatic carbocycles. The zero-order chi connectivity index (χ0) is 9.80. The van der Waals surface area contributed by atoms with Crippen LogP contribution in [0.3, 0.4) is 0 Å². The number of hydrogen-bond acceptors (Lipinski definition) is 6. The zero-order valence-corrected chi connectivity index (χ0v) is 8.63. The largest absolute Gasteiger partial charge is 0.378 e. The predicted octanol–water partition coefficient (Wildman–Crippen LogP) is 0.370. The molecule has 2 N–H and O–H groups in total. The van der Waals surface area contributed by atoms with Crippen molar-refractivity contribution in [2.45, 2.75) is 6.61 Å². The molecule has 1 aromatic heterocycles. The normalized spacial score (nSPS) is 17.4. The minimum Gasteiger partial charge on any atom is -0.378 e. The number of hydrogen-bond donors (Lipinski definition) is 1. The number of nitrogens with zero attached hydrogens (tertiary/aromatic N) is 2. The molecule has 6 heteroatoms. The standard InChI is InChI=1S/C8H13N3O2S/c9-13-6-7-5-10-8(14-7)11-1-3-12-4-2-11/h5H,1-4,6,9H2. The van der Waals surface area contributed by atoms with Gasteiger partial charge in [-0.3, -0.25) is 4.84 Å². The molecule has 0 radical (unpaired) electrons. The van der Waals surface area contributed by atoms with Crippen LogP contribution in [0.1, 0.15) is 4.88 Å². The number of thiazole rings is 1. The first-order chi connectivity index (χ1) is 6.90. The summed E-state index contributed by atoms with van der Waals surface area (Å²) in [6.07, 6.45) is 1.81. The summed E-state index contributed by atoms with van der Waals surface area (Å²) in [5, 5.41) is 1.03. The second-order valence-corrected chi connectivity index (χ2v) is 4.11. The van der Waals surface area contributed by atoms with E-state index in [0.717, 1.165) is 36.3 Å². The highest BCUT2D eigenvalue weighted by atomic mass is 32.1. The van der Waals surface area contributed by atoms with Crippen LogP contribution in [0, 0.1) is 0 Å². The highest BCUT2D eigenvalue weighted by Gasteiger charge is 2.14. The second kappa shape index (κ2) is 4.70. The highest BCUT2D eigenvalue weighted by Crippen LogP contribution is 2.23. The average Bonchev–Trinajstić information content (AvgIpc) is 2.68. The van der Waals surface area contributed by atoms with Gasteiger partial charge in [0, 0.05) is 19.3 Å². The van der Waals surface area contributed by atoms with Crippen molar-refractivity contribution in [3.05, 3.63) is 11.1 Å². The van der Waals surface area contributed by atoms with E-state index in [1.165, 1.54) is 0 Å². The molecule has 0 amide bonds. The van der Waals surface area contributed by atoms with Gasteiger partial charge in [0.15, 0.2) is 5.13 Å². The number of morpholine rings is 1. The lowest BCUT2D eigenvalue weighted by atomic mass is 10.5. The van der Waals surface area contributed by atoms with Gasteiger partial charge in [0.2, 0.25) is 0 Å². The summed E-state index contributed by atoms with van der Waals surface area (Å²) in [5.41, 5.74) is 0. The number of ether oxygens (including phenoxy) is 1. The van der Waals surface area contributed by atoms with E-state index in [9.17, 15) is 0 Å². The van der Waals surface area contributed by atoms with Gasteiger partial charge in [-0.25, -0.2) is 10.9 Å². The van der Waals surface area contributed by atoms with Gasteiger partial charge in [0.25, 0.3) is 0 Å². The first-order valence-corrected chi connectivity index (χ1v) is 5.31. The van der Waals surface area contributed by atoms with Crippen LogP contribution in [-0.4, -0.2) is 31.3 Å². The van der Waals surface area contributed by atoms with E-state index in [-0.39, 0.29) is 0 Å². The molecule has 5 nitrogen and oxygen atoms in total. The summed E-state index contributed by atoms with van der Waals surface area (Å²) in [6, 6.07) is 0. The topological polar surface area (TPSA) is 60.6 Å². The molecule has 1 aliphatic heterocycles. The second-order valence-electron chi connectivity index (χ2n) is 3.02. The van der Waals surface area contributed by atoms with Crippen molar-refractivity contribution in [1.82, 2.24) is 4.98 Å². The summed E-state index contributed by atoms with van der Waals surface area (Å²) in [5.74, 6) is 4.99. The molecule has 14 heavy (non-hydrogen) atoms. The third-order valence-corrected chi connectivity index (χ3v) is 3.08. The molecule has 0 aliphatic carbocycles. The van der Waals surface area contributed by atoms with Gasteiger partial charge in [-0.1, -0.05) is 11.3 Å². The van der Waals surface area contributed by atoms with Crippen molar-refractivity contribution in [1.29, 1.82) is 0 Å². The van der Waals surface area contributed by atoms with Crippen molar-refractivity contribution in [3.63, 3.8) is 0 Å². The van der Waals surface area contributed by atoms with Crippen LogP contribution in [0.25, 0.3) is 0 Å².